The number of non-ortho nitro benzene ring substituents is 1. The van der Waals surface area contributed by atoms with Crippen LogP contribution in [0.5, 0.6) is 0 Å². The number of nitro groups is 1. The van der Waals surface area contributed by atoms with Crippen LogP contribution in [0.25, 0.3) is 11.3 Å². The van der Waals surface area contributed by atoms with E-state index in [1.165, 1.54) is 30.3 Å². The maximum atomic E-state index is 12.2. The largest absolute Gasteiger partial charge is 0.462 e. The van der Waals surface area contributed by atoms with Crippen molar-refractivity contribution >= 4 is 40.5 Å². The molecule has 0 bridgehead atoms. The number of nitrogen functional groups attached to an aromatic ring is 1. The molecule has 10 heteroatoms. The van der Waals surface area contributed by atoms with Crippen LogP contribution in [0.3, 0.4) is 0 Å². The number of hydrogen-bond donors (Lipinski definition) is 1. The second-order valence-corrected chi connectivity index (χ2v) is 6.43. The van der Waals surface area contributed by atoms with Crippen molar-refractivity contribution < 1.29 is 14.5 Å². The van der Waals surface area contributed by atoms with Gasteiger partial charge in [-0.25, -0.2) is 9.78 Å². The summed E-state index contributed by atoms with van der Waals surface area (Å²) in [5.74, 6) is -0.635. The van der Waals surface area contributed by atoms with Gasteiger partial charge in [0.1, 0.15) is 22.8 Å². The fraction of sp³-hybridized carbons (Fsp3) is 0.100. The summed E-state index contributed by atoms with van der Waals surface area (Å²) in [4.78, 5) is 26.8. The molecule has 1 aromatic heterocycles. The number of halogens is 1. The summed E-state index contributed by atoms with van der Waals surface area (Å²) in [7, 11) is 0. The third-order valence-electron chi connectivity index (χ3n) is 3.98. The third kappa shape index (κ3) is 4.76. The number of hydrogen-bond acceptors (Lipinski definition) is 8. The first-order chi connectivity index (χ1) is 14.4. The summed E-state index contributed by atoms with van der Waals surface area (Å²) in [6.45, 7) is 1.86. The molecule has 0 spiro atoms. The Morgan fingerprint density at radius 3 is 2.43 bits per heavy atom. The molecule has 0 radical (unpaired) electrons. The Bertz CT molecular complexity index is 1120. The Morgan fingerprint density at radius 2 is 1.83 bits per heavy atom. The molecule has 3 rings (SSSR count). The molecule has 0 saturated heterocycles. The van der Waals surface area contributed by atoms with Crippen LogP contribution < -0.4 is 5.73 Å². The van der Waals surface area contributed by atoms with Crippen LogP contribution in [0.2, 0.25) is 5.02 Å². The molecule has 152 valence electrons. The van der Waals surface area contributed by atoms with Gasteiger partial charge in [0.2, 0.25) is 0 Å². The lowest BCUT2D eigenvalue weighted by Gasteiger charge is -2.10. The van der Waals surface area contributed by atoms with Crippen molar-refractivity contribution in [3.8, 4) is 11.3 Å². The monoisotopic (exact) mass is 425 g/mol. The average Bonchev–Trinajstić information content (AvgIpc) is 2.73. The second kappa shape index (κ2) is 9.10. The Kier molecular flexibility index (Phi) is 6.33. The number of carbonyl (C=O) groups excluding carboxylic acids is 1. The van der Waals surface area contributed by atoms with Crippen molar-refractivity contribution in [3.63, 3.8) is 0 Å². The first-order valence-corrected chi connectivity index (χ1v) is 9.16. The van der Waals surface area contributed by atoms with E-state index in [9.17, 15) is 14.9 Å². The van der Waals surface area contributed by atoms with Gasteiger partial charge in [-0.3, -0.25) is 10.1 Å². The molecule has 1 heterocycles. The van der Waals surface area contributed by atoms with Gasteiger partial charge in [0, 0.05) is 22.7 Å². The summed E-state index contributed by atoms with van der Waals surface area (Å²) in [5, 5.41) is 19.6. The number of rotatable bonds is 6. The van der Waals surface area contributed by atoms with Crippen molar-refractivity contribution in [3.05, 3.63) is 75.3 Å². The number of pyridine rings is 1. The molecular weight excluding hydrogens is 410 g/mol. The second-order valence-electron chi connectivity index (χ2n) is 5.99. The fourth-order valence-corrected chi connectivity index (χ4v) is 2.66. The lowest BCUT2D eigenvalue weighted by Crippen LogP contribution is -2.09. The van der Waals surface area contributed by atoms with Gasteiger partial charge in [-0.15, -0.1) is 5.11 Å². The number of nitro benzene ring substituents is 1. The number of ether oxygens (including phenoxy) is 1. The molecule has 0 saturated carbocycles. The number of nitrogens with zero attached hydrogens (tertiary/aromatic N) is 4. The molecule has 2 N–H and O–H groups in total. The Labute approximate surface area is 176 Å². The topological polar surface area (TPSA) is 133 Å². The maximum absolute atomic E-state index is 12.2. The van der Waals surface area contributed by atoms with Crippen LogP contribution in [0.4, 0.5) is 22.9 Å². The van der Waals surface area contributed by atoms with Gasteiger partial charge in [0.25, 0.3) is 5.69 Å². The minimum absolute atomic E-state index is 0.00677. The molecule has 0 unspecified atom stereocenters. The normalized spacial score (nSPS) is 10.9. The van der Waals surface area contributed by atoms with Crippen molar-refractivity contribution in [1.29, 1.82) is 0 Å². The summed E-state index contributed by atoms with van der Waals surface area (Å²) >= 11 is 5.95. The third-order valence-corrected chi connectivity index (χ3v) is 4.23. The summed E-state index contributed by atoms with van der Waals surface area (Å²) in [6, 6.07) is 13.8. The number of azo groups is 1. The molecule has 0 fully saturated rings. The molecule has 0 aliphatic rings. The van der Waals surface area contributed by atoms with Crippen molar-refractivity contribution in [2.75, 3.05) is 12.3 Å². The molecule has 0 aliphatic heterocycles. The minimum Gasteiger partial charge on any atom is -0.462 e. The van der Waals surface area contributed by atoms with Crippen LogP contribution >= 0.6 is 11.6 Å². The molecule has 0 aliphatic carbocycles. The Morgan fingerprint density at radius 1 is 1.17 bits per heavy atom. The summed E-state index contributed by atoms with van der Waals surface area (Å²) < 4.78 is 5.01. The van der Waals surface area contributed by atoms with Gasteiger partial charge in [0.05, 0.1) is 17.2 Å². The molecule has 9 nitrogen and oxygen atoms in total. The smallest absolute Gasteiger partial charge is 0.341 e. The zero-order chi connectivity index (χ0) is 21.7. The van der Waals surface area contributed by atoms with Gasteiger partial charge >= 0.3 is 5.97 Å². The highest BCUT2D eigenvalue weighted by Gasteiger charge is 2.18. The Balaban J connectivity index is 2.06. The van der Waals surface area contributed by atoms with E-state index in [0.29, 0.717) is 22.0 Å². The predicted molar refractivity (Wildman–Crippen MR) is 112 cm³/mol. The van der Waals surface area contributed by atoms with E-state index >= 15 is 0 Å². The SMILES string of the molecule is CCOC(=O)c1cc(N=Nc2ccc([N+](=O)[O-])cc2)c(-c2ccc(Cl)cc2)nc1N. The standard InChI is InChI=1S/C20H16ClN5O4/c1-2-30-20(27)16-11-17(25-24-14-7-9-15(10-8-14)26(28)29)18(23-19(16)22)12-3-5-13(21)6-4-12/h3-11H,2H2,1H3,(H2,22,23). The van der Waals surface area contributed by atoms with Crippen LogP contribution in [-0.2, 0) is 4.74 Å². The van der Waals surface area contributed by atoms with Gasteiger partial charge < -0.3 is 10.5 Å². The predicted octanol–water partition coefficient (Wildman–Crippen LogP) is 5.48. The molecule has 2 aromatic carbocycles. The first kappa shape index (κ1) is 20.9. The number of carbonyl (C=O) groups is 1. The zero-order valence-corrected chi connectivity index (χ0v) is 16.5. The maximum Gasteiger partial charge on any atom is 0.341 e. The molecule has 30 heavy (non-hydrogen) atoms. The van der Waals surface area contributed by atoms with Gasteiger partial charge in [-0.05, 0) is 37.3 Å². The van der Waals surface area contributed by atoms with Crippen LogP contribution in [0.15, 0.2) is 64.8 Å². The zero-order valence-electron chi connectivity index (χ0n) is 15.8. The lowest BCUT2D eigenvalue weighted by atomic mass is 10.1. The molecule has 3 aromatic rings. The molecular formula is C20H16ClN5O4. The number of benzene rings is 2. The van der Waals surface area contributed by atoms with E-state index in [-0.39, 0.29) is 29.4 Å². The highest BCUT2D eigenvalue weighted by atomic mass is 35.5. The summed E-state index contributed by atoms with van der Waals surface area (Å²) in [5.41, 5.74) is 7.68. The van der Waals surface area contributed by atoms with Gasteiger partial charge in [-0.2, -0.15) is 5.11 Å². The van der Waals surface area contributed by atoms with Crippen LogP contribution in [0.1, 0.15) is 17.3 Å². The number of nitrogens with two attached hydrogens (primary N) is 1. The average molecular weight is 426 g/mol. The summed E-state index contributed by atoms with van der Waals surface area (Å²) in [6.07, 6.45) is 0. The van der Waals surface area contributed by atoms with Crippen molar-refractivity contribution in [2.45, 2.75) is 6.92 Å². The lowest BCUT2D eigenvalue weighted by molar-refractivity contribution is -0.384. The number of aromatic nitrogens is 1. The van der Waals surface area contributed by atoms with Crippen molar-refractivity contribution in [1.82, 2.24) is 4.98 Å². The van der Waals surface area contributed by atoms with E-state index < -0.39 is 10.9 Å². The van der Waals surface area contributed by atoms with E-state index in [0.717, 1.165) is 0 Å². The highest BCUT2D eigenvalue weighted by Crippen LogP contribution is 2.34. The highest BCUT2D eigenvalue weighted by molar-refractivity contribution is 6.30. The van der Waals surface area contributed by atoms with Gasteiger partial charge in [0.15, 0.2) is 0 Å². The minimum atomic E-state index is -0.628. The fourth-order valence-electron chi connectivity index (χ4n) is 2.54. The number of esters is 1. The van der Waals surface area contributed by atoms with E-state index in [4.69, 9.17) is 22.1 Å². The van der Waals surface area contributed by atoms with Crippen LogP contribution in [-0.4, -0.2) is 22.5 Å². The van der Waals surface area contributed by atoms with Crippen molar-refractivity contribution in [2.24, 2.45) is 10.2 Å². The van der Waals surface area contributed by atoms with E-state index in [2.05, 4.69) is 15.2 Å². The Hall–Kier alpha value is -3.85. The first-order valence-electron chi connectivity index (χ1n) is 8.78. The molecule has 0 amide bonds. The molecule has 0 atom stereocenters. The van der Waals surface area contributed by atoms with Crippen LogP contribution in [0, 0.1) is 10.1 Å². The quantitative estimate of drug-likeness (QED) is 0.240. The van der Waals surface area contributed by atoms with E-state index in [1.807, 2.05) is 0 Å². The number of anilines is 1. The van der Waals surface area contributed by atoms with Gasteiger partial charge in [-0.1, -0.05) is 23.7 Å². The van der Waals surface area contributed by atoms with E-state index in [1.54, 1.807) is 31.2 Å².